The van der Waals surface area contributed by atoms with Crippen molar-refractivity contribution in [3.63, 3.8) is 0 Å². The lowest BCUT2D eigenvalue weighted by Crippen LogP contribution is -2.36. The van der Waals surface area contributed by atoms with Gasteiger partial charge in [0.25, 0.3) is 0 Å². The molecule has 1 aromatic heterocycles. The zero-order valence-electron chi connectivity index (χ0n) is 15.7. The normalized spacial score (nSPS) is 11.4. The molecule has 0 aliphatic carbocycles. The van der Waals surface area contributed by atoms with Gasteiger partial charge in [-0.15, -0.1) is 35.3 Å². The second kappa shape index (κ2) is 11.5. The first-order valence-electron chi connectivity index (χ1n) is 8.32. The Kier molecular flexibility index (Phi) is 10.0. The van der Waals surface area contributed by atoms with E-state index in [0.29, 0.717) is 31.2 Å². The monoisotopic (exact) mass is 491 g/mol. The van der Waals surface area contributed by atoms with Crippen LogP contribution in [0.25, 0.3) is 0 Å². The zero-order chi connectivity index (χ0) is 18.2. The van der Waals surface area contributed by atoms with Crippen LogP contribution < -0.4 is 10.6 Å². The molecule has 0 radical (unpaired) electrons. The molecule has 0 saturated heterocycles. The van der Waals surface area contributed by atoms with Crippen LogP contribution in [0.15, 0.2) is 29.4 Å². The Hall–Kier alpha value is -1.26. The highest BCUT2D eigenvalue weighted by Crippen LogP contribution is 2.13. The van der Waals surface area contributed by atoms with E-state index in [-0.39, 0.29) is 29.8 Å². The van der Waals surface area contributed by atoms with Crippen molar-refractivity contribution in [2.45, 2.75) is 33.0 Å². The molecule has 0 aliphatic rings. The molecule has 8 heteroatoms. The third-order valence-corrected chi connectivity index (χ3v) is 4.78. The first-order valence-corrected chi connectivity index (χ1v) is 9.13. The molecule has 0 atom stereocenters. The maximum atomic E-state index is 13.8. The molecule has 0 amide bonds. The fourth-order valence-electron chi connectivity index (χ4n) is 2.36. The fraction of sp³-hybridized carbons (Fsp3) is 0.444. The van der Waals surface area contributed by atoms with Gasteiger partial charge in [-0.05, 0) is 38.2 Å². The van der Waals surface area contributed by atoms with Crippen LogP contribution >= 0.6 is 35.3 Å². The molecule has 26 heavy (non-hydrogen) atoms. The van der Waals surface area contributed by atoms with Crippen LogP contribution in [0.3, 0.4) is 0 Å². The number of aromatic nitrogens is 1. The molecule has 5 nitrogen and oxygen atoms in total. The molecule has 144 valence electrons. The number of thiazole rings is 1. The van der Waals surface area contributed by atoms with E-state index >= 15 is 0 Å². The van der Waals surface area contributed by atoms with E-state index in [1.54, 1.807) is 24.5 Å². The largest absolute Gasteiger partial charge is 0.352 e. The first kappa shape index (κ1) is 22.8. The van der Waals surface area contributed by atoms with E-state index in [2.05, 4.69) is 27.5 Å². The first-order chi connectivity index (χ1) is 12.0. The number of nitrogens with one attached hydrogen (secondary N) is 2. The summed E-state index contributed by atoms with van der Waals surface area (Å²) in [5.41, 5.74) is 1.71. The summed E-state index contributed by atoms with van der Waals surface area (Å²) in [6.45, 7) is 3.92. The number of hydrogen-bond donors (Lipinski definition) is 2. The molecule has 2 aromatic rings. The minimum atomic E-state index is -0.171. The maximum absolute atomic E-state index is 13.8. The van der Waals surface area contributed by atoms with Gasteiger partial charge < -0.3 is 15.5 Å². The molecule has 0 aliphatic heterocycles. The molecular weight excluding hydrogens is 464 g/mol. The lowest BCUT2D eigenvalue weighted by Gasteiger charge is -2.14. The second-order valence-corrected chi connectivity index (χ2v) is 7.22. The summed E-state index contributed by atoms with van der Waals surface area (Å²) < 4.78 is 13.8. The van der Waals surface area contributed by atoms with Gasteiger partial charge in [-0.2, -0.15) is 0 Å². The van der Waals surface area contributed by atoms with E-state index in [1.807, 2.05) is 31.3 Å². The van der Waals surface area contributed by atoms with E-state index in [1.165, 1.54) is 10.9 Å². The van der Waals surface area contributed by atoms with Gasteiger partial charge in [0.15, 0.2) is 5.96 Å². The van der Waals surface area contributed by atoms with Crippen molar-refractivity contribution in [1.29, 1.82) is 0 Å². The van der Waals surface area contributed by atoms with E-state index in [9.17, 15) is 4.39 Å². The van der Waals surface area contributed by atoms with Crippen LogP contribution in [0, 0.1) is 5.82 Å². The molecule has 2 rings (SSSR count). The summed E-state index contributed by atoms with van der Waals surface area (Å²) in [7, 11) is 5.59. The minimum absolute atomic E-state index is 0. The summed E-state index contributed by atoms with van der Waals surface area (Å²) in [5.74, 6) is 0.530. The molecule has 0 bridgehead atoms. The fourth-order valence-corrected chi connectivity index (χ4v) is 3.16. The number of aryl methyl sites for hydroxylation is 1. The summed E-state index contributed by atoms with van der Waals surface area (Å²) in [5, 5.41) is 7.55. The Bertz CT molecular complexity index is 717. The van der Waals surface area contributed by atoms with Gasteiger partial charge in [-0.25, -0.2) is 9.37 Å². The molecule has 0 unspecified atom stereocenters. The third-order valence-electron chi connectivity index (χ3n) is 3.64. The SMILES string of the molecule is CCc1cnc(CNC(=NC)NCc2ccc(F)c(CN(C)C)c2)s1.I. The average molecular weight is 491 g/mol. The predicted octanol–water partition coefficient (Wildman–Crippen LogP) is 3.39. The number of rotatable bonds is 7. The van der Waals surface area contributed by atoms with E-state index in [4.69, 9.17) is 0 Å². The molecule has 0 fully saturated rings. The van der Waals surface area contributed by atoms with Crippen molar-refractivity contribution in [1.82, 2.24) is 20.5 Å². The maximum Gasteiger partial charge on any atom is 0.191 e. The Balaban J connectivity index is 0.00000338. The highest BCUT2D eigenvalue weighted by Gasteiger charge is 2.06. The summed E-state index contributed by atoms with van der Waals surface area (Å²) in [4.78, 5) is 11.8. The van der Waals surface area contributed by atoms with Crippen LogP contribution in [0.4, 0.5) is 4.39 Å². The van der Waals surface area contributed by atoms with Crippen molar-refractivity contribution in [2.75, 3.05) is 21.1 Å². The average Bonchev–Trinajstić information content (AvgIpc) is 3.05. The lowest BCUT2D eigenvalue weighted by molar-refractivity contribution is 0.392. The van der Waals surface area contributed by atoms with Crippen LogP contribution in [0.1, 0.15) is 27.9 Å². The summed E-state index contributed by atoms with van der Waals surface area (Å²) in [6.07, 6.45) is 2.92. The highest BCUT2D eigenvalue weighted by atomic mass is 127. The Morgan fingerprint density at radius 3 is 2.62 bits per heavy atom. The van der Waals surface area contributed by atoms with E-state index < -0.39 is 0 Å². The van der Waals surface area contributed by atoms with Crippen molar-refractivity contribution in [2.24, 2.45) is 4.99 Å². The summed E-state index contributed by atoms with van der Waals surface area (Å²) in [6, 6.07) is 5.21. The van der Waals surface area contributed by atoms with Gasteiger partial charge in [0.2, 0.25) is 0 Å². The van der Waals surface area contributed by atoms with Crippen molar-refractivity contribution >= 4 is 41.3 Å². The smallest absolute Gasteiger partial charge is 0.191 e. The summed E-state index contributed by atoms with van der Waals surface area (Å²) >= 11 is 1.71. The molecule has 2 N–H and O–H groups in total. The second-order valence-electron chi connectivity index (χ2n) is 6.02. The topological polar surface area (TPSA) is 52.6 Å². The van der Waals surface area contributed by atoms with Crippen LogP contribution in [0.2, 0.25) is 0 Å². The van der Waals surface area contributed by atoms with Gasteiger partial charge in [0, 0.05) is 36.8 Å². The third kappa shape index (κ3) is 7.16. The highest BCUT2D eigenvalue weighted by molar-refractivity contribution is 14.0. The van der Waals surface area contributed by atoms with Crippen molar-refractivity contribution < 1.29 is 4.39 Å². The van der Waals surface area contributed by atoms with Crippen molar-refractivity contribution in [3.8, 4) is 0 Å². The van der Waals surface area contributed by atoms with Gasteiger partial charge in [-0.1, -0.05) is 13.0 Å². The Morgan fingerprint density at radius 2 is 2.00 bits per heavy atom. The predicted molar refractivity (Wildman–Crippen MR) is 118 cm³/mol. The van der Waals surface area contributed by atoms with Crippen molar-refractivity contribution in [3.05, 3.63) is 51.2 Å². The Labute approximate surface area is 176 Å². The molecular formula is C18H27FIN5S. The van der Waals surface area contributed by atoms with Gasteiger partial charge in [0.05, 0.1) is 6.54 Å². The number of nitrogens with zero attached hydrogens (tertiary/aromatic N) is 3. The van der Waals surface area contributed by atoms with E-state index in [0.717, 1.165) is 17.0 Å². The Morgan fingerprint density at radius 1 is 1.27 bits per heavy atom. The molecule has 1 heterocycles. The molecule has 1 aromatic carbocycles. The van der Waals surface area contributed by atoms with Gasteiger partial charge in [0.1, 0.15) is 10.8 Å². The molecule has 0 spiro atoms. The van der Waals surface area contributed by atoms with Crippen LogP contribution in [-0.2, 0) is 26.1 Å². The number of benzene rings is 1. The zero-order valence-corrected chi connectivity index (χ0v) is 18.8. The number of halogens is 2. The molecule has 0 saturated carbocycles. The number of aliphatic imine (C=N–C) groups is 1. The van der Waals surface area contributed by atoms with Gasteiger partial charge in [-0.3, -0.25) is 4.99 Å². The minimum Gasteiger partial charge on any atom is -0.352 e. The van der Waals surface area contributed by atoms with Crippen LogP contribution in [0.5, 0.6) is 0 Å². The standard InChI is InChI=1S/C18H26FN5S.HI/c1-5-15-10-21-17(25-15)11-23-18(20-2)22-9-13-6-7-16(19)14(8-13)12-24(3)4;/h6-8,10H,5,9,11-12H2,1-4H3,(H2,20,22,23);1H. The van der Waals surface area contributed by atoms with Crippen LogP contribution in [-0.4, -0.2) is 37.0 Å². The number of hydrogen-bond acceptors (Lipinski definition) is 4. The number of guanidine groups is 1. The van der Waals surface area contributed by atoms with Gasteiger partial charge >= 0.3 is 0 Å². The quantitative estimate of drug-likeness (QED) is 0.354. The lowest BCUT2D eigenvalue weighted by atomic mass is 10.1.